The fourth-order valence-electron chi connectivity index (χ4n) is 1.91. The number of hydrogen-bond acceptors (Lipinski definition) is 4. The van der Waals surface area contributed by atoms with Gasteiger partial charge in [0.2, 0.25) is 0 Å². The Balaban J connectivity index is 2.54. The molecule has 20 heavy (non-hydrogen) atoms. The van der Waals surface area contributed by atoms with Gasteiger partial charge in [0.05, 0.1) is 17.3 Å². The number of aryl methyl sites for hydroxylation is 1. The number of aromatic nitrogens is 2. The van der Waals surface area contributed by atoms with Crippen LogP contribution in [0.3, 0.4) is 0 Å². The van der Waals surface area contributed by atoms with Crippen LogP contribution in [0.2, 0.25) is 0 Å². The van der Waals surface area contributed by atoms with E-state index in [1.165, 1.54) is 12.1 Å². The van der Waals surface area contributed by atoms with E-state index >= 15 is 0 Å². The van der Waals surface area contributed by atoms with Gasteiger partial charge in [-0.3, -0.25) is 0 Å². The van der Waals surface area contributed by atoms with E-state index in [0.717, 1.165) is 12.8 Å². The van der Waals surface area contributed by atoms with Gasteiger partial charge in [0.15, 0.2) is 0 Å². The summed E-state index contributed by atoms with van der Waals surface area (Å²) in [6, 6.07) is 7.90. The van der Waals surface area contributed by atoms with Gasteiger partial charge in [-0.15, -0.1) is 0 Å². The Morgan fingerprint density at radius 3 is 2.70 bits per heavy atom. The highest BCUT2D eigenvalue weighted by atomic mass is 19.1. The second-order valence-corrected chi connectivity index (χ2v) is 4.40. The summed E-state index contributed by atoms with van der Waals surface area (Å²) < 4.78 is 13.5. The zero-order chi connectivity index (χ0) is 14.5. The average molecular weight is 270 g/mol. The van der Waals surface area contributed by atoms with Crippen molar-refractivity contribution in [2.24, 2.45) is 0 Å². The number of halogens is 1. The minimum absolute atomic E-state index is 0.279. The third-order valence-corrected chi connectivity index (χ3v) is 2.82. The molecule has 0 fully saturated rings. The Bertz CT molecular complexity index is 661. The highest BCUT2D eigenvalue weighted by molar-refractivity contribution is 5.64. The molecular weight excluding hydrogens is 255 g/mol. The molecule has 1 heterocycles. The minimum Gasteiger partial charge on any atom is -0.373 e. The van der Waals surface area contributed by atoms with Crippen molar-refractivity contribution in [2.45, 2.75) is 19.8 Å². The van der Waals surface area contributed by atoms with Gasteiger partial charge in [0, 0.05) is 25.1 Å². The van der Waals surface area contributed by atoms with Gasteiger partial charge >= 0.3 is 0 Å². The lowest BCUT2D eigenvalue weighted by atomic mass is 10.1. The van der Waals surface area contributed by atoms with E-state index in [1.54, 1.807) is 19.2 Å². The molecule has 1 aromatic carbocycles. The van der Waals surface area contributed by atoms with Gasteiger partial charge < -0.3 is 5.32 Å². The molecule has 2 rings (SSSR count). The highest BCUT2D eigenvalue weighted by Crippen LogP contribution is 2.22. The van der Waals surface area contributed by atoms with Crippen LogP contribution in [0.4, 0.5) is 10.2 Å². The number of nitrogens with one attached hydrogen (secondary N) is 1. The molecular formula is C15H15FN4. The molecule has 0 radical (unpaired) electrons. The molecule has 102 valence electrons. The monoisotopic (exact) mass is 270 g/mol. The van der Waals surface area contributed by atoms with Crippen molar-refractivity contribution in [3.05, 3.63) is 41.5 Å². The Morgan fingerprint density at radius 1 is 1.25 bits per heavy atom. The lowest BCUT2D eigenvalue weighted by molar-refractivity contribution is 0.627. The van der Waals surface area contributed by atoms with Crippen molar-refractivity contribution >= 4 is 5.82 Å². The van der Waals surface area contributed by atoms with Crippen molar-refractivity contribution < 1.29 is 4.39 Å². The summed E-state index contributed by atoms with van der Waals surface area (Å²) in [4.78, 5) is 8.78. The molecule has 0 bridgehead atoms. The van der Waals surface area contributed by atoms with Gasteiger partial charge in [0.25, 0.3) is 0 Å². The molecule has 4 nitrogen and oxygen atoms in total. The quantitative estimate of drug-likeness (QED) is 0.927. The van der Waals surface area contributed by atoms with Crippen molar-refractivity contribution in [1.82, 2.24) is 9.97 Å². The van der Waals surface area contributed by atoms with Crippen LogP contribution in [0, 0.1) is 17.1 Å². The molecule has 0 aliphatic carbocycles. The lowest BCUT2D eigenvalue weighted by Crippen LogP contribution is -2.02. The lowest BCUT2D eigenvalue weighted by Gasteiger charge is -2.08. The summed E-state index contributed by atoms with van der Waals surface area (Å²) in [6.45, 7) is 2.05. The molecule has 0 saturated heterocycles. The van der Waals surface area contributed by atoms with E-state index in [9.17, 15) is 4.39 Å². The van der Waals surface area contributed by atoms with Gasteiger partial charge in [-0.2, -0.15) is 5.26 Å². The van der Waals surface area contributed by atoms with Crippen LogP contribution in [0.1, 0.15) is 24.7 Å². The van der Waals surface area contributed by atoms with E-state index in [4.69, 9.17) is 5.26 Å². The van der Waals surface area contributed by atoms with Crippen LogP contribution in [0.25, 0.3) is 11.3 Å². The van der Waals surface area contributed by atoms with Crippen LogP contribution in [0.5, 0.6) is 0 Å². The van der Waals surface area contributed by atoms with Crippen LogP contribution in [0.15, 0.2) is 24.3 Å². The summed E-state index contributed by atoms with van der Waals surface area (Å²) in [7, 11) is 1.77. The fraction of sp³-hybridized carbons (Fsp3) is 0.267. The molecule has 5 heteroatoms. The molecule has 0 atom stereocenters. The van der Waals surface area contributed by atoms with Crippen LogP contribution in [-0.4, -0.2) is 17.0 Å². The summed E-state index contributed by atoms with van der Waals surface area (Å²) >= 11 is 0. The molecule has 2 aromatic rings. The number of hydrogen-bond donors (Lipinski definition) is 1. The minimum atomic E-state index is -0.444. The van der Waals surface area contributed by atoms with Gasteiger partial charge in [-0.25, -0.2) is 14.4 Å². The summed E-state index contributed by atoms with van der Waals surface area (Å²) in [5.41, 5.74) is 1.48. The Labute approximate surface area is 117 Å². The molecule has 0 saturated carbocycles. The molecule has 0 amide bonds. The van der Waals surface area contributed by atoms with Crippen molar-refractivity contribution in [3.8, 4) is 17.3 Å². The highest BCUT2D eigenvalue weighted by Gasteiger charge is 2.08. The van der Waals surface area contributed by atoms with E-state index in [-0.39, 0.29) is 5.56 Å². The van der Waals surface area contributed by atoms with Crippen molar-refractivity contribution in [1.29, 1.82) is 5.26 Å². The Kier molecular flexibility index (Phi) is 4.26. The zero-order valence-corrected chi connectivity index (χ0v) is 11.4. The topological polar surface area (TPSA) is 61.6 Å². The molecule has 0 aliphatic rings. The number of nitrogens with zero attached hydrogens (tertiary/aromatic N) is 3. The standard InChI is InChI=1S/C15H15FN4/c1-3-4-14-19-13(8-15(18-2)20-14)11-5-10(9-17)6-12(16)7-11/h5-8H,3-4H2,1-2H3,(H,18,19,20). The van der Waals surface area contributed by atoms with Crippen molar-refractivity contribution in [3.63, 3.8) is 0 Å². The van der Waals surface area contributed by atoms with Gasteiger partial charge in [-0.05, 0) is 24.6 Å². The van der Waals surface area contributed by atoms with Crippen LogP contribution >= 0.6 is 0 Å². The predicted molar refractivity (Wildman–Crippen MR) is 75.7 cm³/mol. The second-order valence-electron chi connectivity index (χ2n) is 4.40. The maximum absolute atomic E-state index is 13.5. The first-order chi connectivity index (χ1) is 9.66. The summed E-state index contributed by atoms with van der Waals surface area (Å²) in [5, 5.41) is 11.9. The fourth-order valence-corrected chi connectivity index (χ4v) is 1.91. The molecule has 1 aromatic heterocycles. The smallest absolute Gasteiger partial charge is 0.131 e. The predicted octanol–water partition coefficient (Wildman–Crippen LogP) is 3.15. The average Bonchev–Trinajstić information content (AvgIpc) is 2.46. The number of rotatable bonds is 4. The maximum atomic E-state index is 13.5. The Morgan fingerprint density at radius 2 is 2.05 bits per heavy atom. The molecule has 0 unspecified atom stereocenters. The van der Waals surface area contributed by atoms with E-state index in [2.05, 4.69) is 15.3 Å². The third kappa shape index (κ3) is 3.09. The van der Waals surface area contributed by atoms with Gasteiger partial charge in [0.1, 0.15) is 17.5 Å². The summed E-state index contributed by atoms with van der Waals surface area (Å²) in [5.74, 6) is 0.944. The van der Waals surface area contributed by atoms with E-state index in [0.29, 0.717) is 22.9 Å². The molecule has 0 spiro atoms. The van der Waals surface area contributed by atoms with Gasteiger partial charge in [-0.1, -0.05) is 6.92 Å². The first-order valence-electron chi connectivity index (χ1n) is 6.43. The number of benzene rings is 1. The SMILES string of the molecule is CCCc1nc(NC)cc(-c2cc(F)cc(C#N)c2)n1. The first kappa shape index (κ1) is 13.9. The zero-order valence-electron chi connectivity index (χ0n) is 11.4. The first-order valence-corrected chi connectivity index (χ1v) is 6.43. The van der Waals surface area contributed by atoms with E-state index in [1.807, 2.05) is 13.0 Å². The number of nitriles is 1. The van der Waals surface area contributed by atoms with Crippen LogP contribution in [-0.2, 0) is 6.42 Å². The number of anilines is 1. The molecule has 1 N–H and O–H groups in total. The van der Waals surface area contributed by atoms with Crippen molar-refractivity contribution in [2.75, 3.05) is 12.4 Å². The third-order valence-electron chi connectivity index (χ3n) is 2.82. The van der Waals surface area contributed by atoms with Crippen LogP contribution < -0.4 is 5.32 Å². The van der Waals surface area contributed by atoms with E-state index < -0.39 is 5.82 Å². The normalized spacial score (nSPS) is 10.1. The summed E-state index contributed by atoms with van der Waals surface area (Å²) in [6.07, 6.45) is 1.68. The molecule has 0 aliphatic heterocycles. The maximum Gasteiger partial charge on any atom is 0.131 e. The Hall–Kier alpha value is -2.48. The second kappa shape index (κ2) is 6.11. The largest absolute Gasteiger partial charge is 0.373 e.